The Balaban J connectivity index is 1.31. The summed E-state index contributed by atoms with van der Waals surface area (Å²) in [6.45, 7) is 3.23. The van der Waals surface area contributed by atoms with Gasteiger partial charge in [0, 0.05) is 6.54 Å². The van der Waals surface area contributed by atoms with Crippen molar-refractivity contribution in [3.63, 3.8) is 0 Å². The van der Waals surface area contributed by atoms with Crippen molar-refractivity contribution in [3.05, 3.63) is 66.2 Å². The van der Waals surface area contributed by atoms with Crippen LogP contribution in [0.1, 0.15) is 43.6 Å². The van der Waals surface area contributed by atoms with E-state index in [4.69, 9.17) is 0 Å². The monoisotopic (exact) mass is 369 g/mol. The molecule has 1 unspecified atom stereocenters. The molecule has 0 amide bonds. The molecule has 2 aromatic rings. The Morgan fingerprint density at radius 3 is 2.27 bits per heavy atom. The molecule has 26 heavy (non-hydrogen) atoms. The molecule has 0 aromatic heterocycles. The number of hydrogen-bond donors (Lipinski definition) is 0. The predicted octanol–water partition coefficient (Wildman–Crippen LogP) is 4.26. The maximum Gasteiger partial charge on any atom is 0.184 e. The first-order valence-electron chi connectivity index (χ1n) is 9.68. The van der Waals surface area contributed by atoms with Crippen LogP contribution in [0.3, 0.4) is 0 Å². The van der Waals surface area contributed by atoms with Gasteiger partial charge in [-0.25, -0.2) is 8.42 Å². The van der Waals surface area contributed by atoms with E-state index in [-0.39, 0.29) is 0 Å². The van der Waals surface area contributed by atoms with Crippen LogP contribution in [0, 0.1) is 0 Å². The van der Waals surface area contributed by atoms with E-state index in [0.717, 1.165) is 45.3 Å². The summed E-state index contributed by atoms with van der Waals surface area (Å²) in [7, 11) is -3.20. The zero-order valence-electron chi connectivity index (χ0n) is 15.2. The highest BCUT2D eigenvalue weighted by molar-refractivity contribution is 7.93. The molecule has 1 saturated heterocycles. The molecule has 2 fully saturated rings. The fraction of sp³-hybridized carbons (Fsp3) is 0.455. The number of benzene rings is 2. The van der Waals surface area contributed by atoms with E-state index in [2.05, 4.69) is 35.2 Å². The molecule has 0 N–H and O–H groups in total. The molecule has 1 atom stereocenters. The van der Waals surface area contributed by atoms with Crippen molar-refractivity contribution in [2.45, 2.75) is 47.7 Å². The topological polar surface area (TPSA) is 37.4 Å². The van der Waals surface area contributed by atoms with E-state index in [1.54, 1.807) is 12.1 Å². The maximum absolute atomic E-state index is 13.0. The van der Waals surface area contributed by atoms with Crippen molar-refractivity contribution in [1.29, 1.82) is 0 Å². The van der Waals surface area contributed by atoms with Gasteiger partial charge in [0.05, 0.1) is 9.64 Å². The van der Waals surface area contributed by atoms with Crippen LogP contribution in [0.25, 0.3) is 0 Å². The van der Waals surface area contributed by atoms with E-state index in [9.17, 15) is 8.42 Å². The highest BCUT2D eigenvalue weighted by Gasteiger charge is 2.54. The molecule has 0 radical (unpaired) electrons. The summed E-state index contributed by atoms with van der Waals surface area (Å²) < 4.78 is 25.4. The smallest absolute Gasteiger partial charge is 0.184 e. The van der Waals surface area contributed by atoms with E-state index in [1.807, 2.05) is 18.2 Å². The number of sulfone groups is 1. The Morgan fingerprint density at radius 1 is 0.962 bits per heavy atom. The first-order valence-corrected chi connectivity index (χ1v) is 11.2. The standard InChI is InChI=1S/C22H27NO2S/c24-26(25,21-10-5-2-6-11-21)22(14-15-22)13-7-16-23-17-12-20(18-23)19-8-3-1-4-9-19/h1-6,8-11,20H,7,12-18H2. The molecule has 1 saturated carbocycles. The Labute approximate surface area is 157 Å². The van der Waals surface area contributed by atoms with E-state index >= 15 is 0 Å². The second-order valence-electron chi connectivity index (χ2n) is 7.80. The molecule has 4 heteroatoms. The SMILES string of the molecule is O=S(=O)(c1ccccc1)C1(CCCN2CCC(c3ccccc3)C2)CC1. The summed E-state index contributed by atoms with van der Waals surface area (Å²) >= 11 is 0. The number of rotatable bonds is 7. The van der Waals surface area contributed by atoms with Gasteiger partial charge in [0.2, 0.25) is 0 Å². The Morgan fingerprint density at radius 2 is 1.62 bits per heavy atom. The van der Waals surface area contributed by atoms with Crippen LogP contribution in [-0.2, 0) is 9.84 Å². The third-order valence-electron chi connectivity index (χ3n) is 6.08. The van der Waals surface area contributed by atoms with Crippen LogP contribution in [0.4, 0.5) is 0 Å². The van der Waals surface area contributed by atoms with Gasteiger partial charge in [-0.05, 0) is 68.8 Å². The molecular weight excluding hydrogens is 342 g/mol. The normalized spacial score (nSPS) is 22.4. The van der Waals surface area contributed by atoms with Crippen molar-refractivity contribution >= 4 is 9.84 Å². The predicted molar refractivity (Wildman–Crippen MR) is 105 cm³/mol. The van der Waals surface area contributed by atoms with Crippen molar-refractivity contribution < 1.29 is 8.42 Å². The first kappa shape index (κ1) is 17.7. The van der Waals surface area contributed by atoms with Gasteiger partial charge in [-0.2, -0.15) is 0 Å². The highest BCUT2D eigenvalue weighted by atomic mass is 32.2. The van der Waals surface area contributed by atoms with Gasteiger partial charge in [0.25, 0.3) is 0 Å². The lowest BCUT2D eigenvalue weighted by Gasteiger charge is -2.20. The second-order valence-corrected chi connectivity index (χ2v) is 10.1. The summed E-state index contributed by atoms with van der Waals surface area (Å²) in [5, 5.41) is 0. The van der Waals surface area contributed by atoms with Gasteiger partial charge in [0.15, 0.2) is 9.84 Å². The molecular formula is C22H27NO2S. The maximum atomic E-state index is 13.0. The molecule has 138 valence electrons. The summed E-state index contributed by atoms with van der Waals surface area (Å²) in [6, 6.07) is 19.7. The van der Waals surface area contributed by atoms with Gasteiger partial charge in [-0.3, -0.25) is 0 Å². The van der Waals surface area contributed by atoms with Crippen LogP contribution >= 0.6 is 0 Å². The van der Waals surface area contributed by atoms with Gasteiger partial charge >= 0.3 is 0 Å². The average molecular weight is 370 g/mol. The van der Waals surface area contributed by atoms with Gasteiger partial charge in [-0.1, -0.05) is 48.5 Å². The van der Waals surface area contributed by atoms with E-state index < -0.39 is 14.6 Å². The highest BCUT2D eigenvalue weighted by Crippen LogP contribution is 2.50. The third-order valence-corrected chi connectivity index (χ3v) is 8.73. The molecule has 1 aliphatic carbocycles. The molecule has 3 nitrogen and oxygen atoms in total. The minimum Gasteiger partial charge on any atom is -0.303 e. The lowest BCUT2D eigenvalue weighted by atomic mass is 9.99. The van der Waals surface area contributed by atoms with Crippen LogP contribution in [-0.4, -0.2) is 37.7 Å². The number of nitrogens with zero attached hydrogens (tertiary/aromatic N) is 1. The summed E-state index contributed by atoms with van der Waals surface area (Å²) in [6.07, 6.45) is 4.59. The van der Waals surface area contributed by atoms with Crippen molar-refractivity contribution in [2.75, 3.05) is 19.6 Å². The van der Waals surface area contributed by atoms with Gasteiger partial charge in [-0.15, -0.1) is 0 Å². The molecule has 2 aromatic carbocycles. The summed E-state index contributed by atoms with van der Waals surface area (Å²) in [5.74, 6) is 0.624. The van der Waals surface area contributed by atoms with E-state index in [1.165, 1.54) is 12.0 Å². The fourth-order valence-electron chi connectivity index (χ4n) is 4.30. The third kappa shape index (κ3) is 3.45. The van der Waals surface area contributed by atoms with E-state index in [0.29, 0.717) is 10.8 Å². The zero-order valence-corrected chi connectivity index (χ0v) is 16.0. The first-order chi connectivity index (χ1) is 12.6. The van der Waals surface area contributed by atoms with Crippen LogP contribution in [0.15, 0.2) is 65.6 Å². The van der Waals surface area contributed by atoms with Gasteiger partial charge < -0.3 is 4.90 Å². The lowest BCUT2D eigenvalue weighted by Crippen LogP contribution is -2.27. The Bertz CT molecular complexity index is 829. The number of likely N-dealkylation sites (tertiary alicyclic amines) is 1. The Kier molecular flexibility index (Phi) is 4.89. The number of hydrogen-bond acceptors (Lipinski definition) is 3. The lowest BCUT2D eigenvalue weighted by molar-refractivity contribution is 0.323. The minimum absolute atomic E-state index is 0.489. The summed E-state index contributed by atoms with van der Waals surface area (Å²) in [4.78, 5) is 2.99. The molecule has 0 spiro atoms. The molecule has 4 rings (SSSR count). The summed E-state index contributed by atoms with van der Waals surface area (Å²) in [5.41, 5.74) is 1.43. The quantitative estimate of drug-likeness (QED) is 0.732. The van der Waals surface area contributed by atoms with Gasteiger partial charge in [0.1, 0.15) is 0 Å². The molecule has 1 heterocycles. The molecule has 2 aliphatic rings. The zero-order chi connectivity index (χ0) is 18.0. The Hall–Kier alpha value is -1.65. The molecule has 1 aliphatic heterocycles. The average Bonchev–Trinajstić information content (AvgIpc) is 3.34. The minimum atomic E-state index is -3.20. The van der Waals surface area contributed by atoms with Crippen LogP contribution in [0.5, 0.6) is 0 Å². The van der Waals surface area contributed by atoms with Crippen molar-refractivity contribution in [1.82, 2.24) is 4.90 Å². The van der Waals surface area contributed by atoms with Crippen LogP contribution < -0.4 is 0 Å². The fourth-order valence-corrected chi connectivity index (χ4v) is 6.37. The second kappa shape index (κ2) is 7.16. The van der Waals surface area contributed by atoms with Crippen molar-refractivity contribution in [3.8, 4) is 0 Å². The van der Waals surface area contributed by atoms with Crippen molar-refractivity contribution in [2.24, 2.45) is 0 Å². The van der Waals surface area contributed by atoms with Crippen LogP contribution in [0.2, 0.25) is 0 Å². The molecule has 0 bridgehead atoms. The largest absolute Gasteiger partial charge is 0.303 e.